The molecule has 0 atom stereocenters. The van der Waals surface area contributed by atoms with Gasteiger partial charge in [0.2, 0.25) is 0 Å². The summed E-state index contributed by atoms with van der Waals surface area (Å²) in [5, 5.41) is 0. The Morgan fingerprint density at radius 1 is 0.654 bits per heavy atom. The largest absolute Gasteiger partial charge is 0.383 e. The molecule has 0 aromatic carbocycles. The Labute approximate surface area is 161 Å². The summed E-state index contributed by atoms with van der Waals surface area (Å²) >= 11 is 0. The summed E-state index contributed by atoms with van der Waals surface area (Å²) in [6, 6.07) is 4.15. The van der Waals surface area contributed by atoms with Gasteiger partial charge in [-0.1, -0.05) is 42.5 Å². The third kappa shape index (κ3) is 6.66. The fraction of sp³-hybridized carbons (Fsp3) is 0.545. The molecule has 2 rings (SSSR count). The zero-order valence-electron chi connectivity index (χ0n) is 16.4. The quantitative estimate of drug-likeness (QED) is 0.680. The van der Waals surface area contributed by atoms with Crippen LogP contribution in [-0.4, -0.2) is 9.97 Å². The Kier molecular flexibility index (Phi) is 10.8. The van der Waals surface area contributed by atoms with Crippen LogP contribution in [0.2, 0.25) is 0 Å². The Bertz CT molecular complexity index is 596. The number of aryl methyl sites for hydroxylation is 4. The van der Waals surface area contributed by atoms with Crippen LogP contribution in [0.15, 0.2) is 12.1 Å². The molecule has 4 heteroatoms. The van der Waals surface area contributed by atoms with E-state index in [1.165, 1.54) is 22.3 Å². The van der Waals surface area contributed by atoms with Crippen LogP contribution in [0, 0.1) is 27.7 Å². The fourth-order valence-corrected chi connectivity index (χ4v) is 3.25. The molecule has 0 saturated heterocycles. The van der Waals surface area contributed by atoms with Crippen molar-refractivity contribution in [2.75, 3.05) is 11.5 Å². The number of nitrogens with two attached hydrogens (primary N) is 2. The van der Waals surface area contributed by atoms with E-state index in [-0.39, 0.29) is 14.9 Å². The molecule has 4 nitrogen and oxygen atoms in total. The van der Waals surface area contributed by atoms with E-state index in [1.807, 2.05) is 13.8 Å². The number of anilines is 2. The van der Waals surface area contributed by atoms with Crippen LogP contribution in [-0.2, 0) is 0 Å². The number of nitrogens with zero attached hydrogens (tertiary/aromatic N) is 2. The van der Waals surface area contributed by atoms with Gasteiger partial charge in [-0.05, 0) is 73.9 Å². The van der Waals surface area contributed by atoms with E-state index in [0.717, 1.165) is 11.4 Å². The molecule has 0 amide bonds. The summed E-state index contributed by atoms with van der Waals surface area (Å²) in [5.41, 5.74) is 18.5. The summed E-state index contributed by atoms with van der Waals surface area (Å²) in [6.45, 7) is 16.6. The van der Waals surface area contributed by atoms with E-state index < -0.39 is 0 Å². The van der Waals surface area contributed by atoms with Crippen LogP contribution in [0.5, 0.6) is 0 Å². The second kappa shape index (κ2) is 10.8. The van der Waals surface area contributed by atoms with Gasteiger partial charge in [0.05, 0.1) is 0 Å². The van der Waals surface area contributed by atoms with Crippen molar-refractivity contribution in [2.24, 2.45) is 0 Å². The third-order valence-electron chi connectivity index (χ3n) is 4.00. The average Bonchev–Trinajstić information content (AvgIpc) is 2.35. The van der Waals surface area contributed by atoms with Crippen molar-refractivity contribution >= 4 is 11.6 Å². The molecule has 148 valence electrons. The minimum Gasteiger partial charge on any atom is -0.383 e. The van der Waals surface area contributed by atoms with Gasteiger partial charge in [-0.25, -0.2) is 9.97 Å². The van der Waals surface area contributed by atoms with Crippen molar-refractivity contribution in [3.05, 3.63) is 45.8 Å². The molecule has 2 aromatic heterocycles. The van der Waals surface area contributed by atoms with Crippen LogP contribution >= 0.6 is 0 Å². The van der Waals surface area contributed by atoms with Crippen molar-refractivity contribution in [2.45, 2.75) is 82.1 Å². The van der Waals surface area contributed by atoms with Crippen LogP contribution in [0.1, 0.15) is 88.0 Å². The minimum absolute atomic E-state index is 0. The first-order valence-electron chi connectivity index (χ1n) is 8.51. The molecule has 4 N–H and O–H groups in total. The van der Waals surface area contributed by atoms with Crippen LogP contribution in [0.4, 0.5) is 11.6 Å². The van der Waals surface area contributed by atoms with Gasteiger partial charge in [0, 0.05) is 11.4 Å². The van der Waals surface area contributed by atoms with E-state index in [2.05, 4.69) is 63.6 Å². The Hall–Kier alpha value is -2.10. The van der Waals surface area contributed by atoms with E-state index in [0.29, 0.717) is 23.5 Å². The van der Waals surface area contributed by atoms with Crippen molar-refractivity contribution in [3.8, 4) is 0 Å². The number of hydrogen-bond donors (Lipinski definition) is 2. The maximum Gasteiger partial charge on any atom is 0.127 e. The molecule has 2 heterocycles. The molecule has 26 heavy (non-hydrogen) atoms. The lowest BCUT2D eigenvalue weighted by molar-refractivity contribution is 0.849. The maximum atomic E-state index is 5.81. The summed E-state index contributed by atoms with van der Waals surface area (Å²) < 4.78 is 0. The molecule has 0 bridgehead atoms. The maximum absolute atomic E-state index is 5.81. The highest BCUT2D eigenvalue weighted by Gasteiger charge is 2.09. The molecule has 0 saturated carbocycles. The monoisotopic (exact) mass is 360 g/mol. The van der Waals surface area contributed by atoms with Crippen molar-refractivity contribution in [1.29, 1.82) is 0 Å². The van der Waals surface area contributed by atoms with Gasteiger partial charge >= 0.3 is 0 Å². The molecule has 0 aliphatic rings. The van der Waals surface area contributed by atoms with Crippen molar-refractivity contribution in [1.82, 2.24) is 9.97 Å². The van der Waals surface area contributed by atoms with Gasteiger partial charge < -0.3 is 11.5 Å². The number of rotatable bonds is 2. The Morgan fingerprint density at radius 2 is 0.923 bits per heavy atom. The predicted octanol–water partition coefficient (Wildman–Crippen LogP) is 6.08. The smallest absolute Gasteiger partial charge is 0.127 e. The molecular weight excluding hydrogens is 320 g/mol. The van der Waals surface area contributed by atoms with Gasteiger partial charge in [-0.2, -0.15) is 0 Å². The lowest BCUT2D eigenvalue weighted by atomic mass is 9.98. The van der Waals surface area contributed by atoms with Crippen LogP contribution < -0.4 is 11.5 Å². The van der Waals surface area contributed by atoms with Gasteiger partial charge in [-0.3, -0.25) is 0 Å². The predicted molar refractivity (Wildman–Crippen MR) is 118 cm³/mol. The minimum atomic E-state index is 0. The van der Waals surface area contributed by atoms with Crippen LogP contribution in [0.3, 0.4) is 0 Å². The summed E-state index contributed by atoms with van der Waals surface area (Å²) in [4.78, 5) is 8.47. The fourth-order valence-electron chi connectivity index (χ4n) is 3.25. The molecular formula is C22H40N4. The van der Waals surface area contributed by atoms with Gasteiger partial charge in [0.1, 0.15) is 11.6 Å². The standard InChI is InChI=1S/2C10H16N2.2CH4/c2*1-6(2)9-7(3)5-8(4)12-10(9)11;;/h2*5-6H,1-4H3,(H2,11,12);2*1H4. The van der Waals surface area contributed by atoms with Gasteiger partial charge in [0.25, 0.3) is 0 Å². The Morgan fingerprint density at radius 3 is 1.12 bits per heavy atom. The van der Waals surface area contributed by atoms with E-state index >= 15 is 0 Å². The van der Waals surface area contributed by atoms with Crippen molar-refractivity contribution < 1.29 is 0 Å². The second-order valence-corrected chi connectivity index (χ2v) is 7.07. The van der Waals surface area contributed by atoms with Gasteiger partial charge in [-0.15, -0.1) is 0 Å². The number of aromatic nitrogens is 2. The Balaban J connectivity index is 0. The third-order valence-corrected chi connectivity index (χ3v) is 4.00. The molecule has 2 aromatic rings. The number of hydrogen-bond acceptors (Lipinski definition) is 4. The highest BCUT2D eigenvalue weighted by atomic mass is 14.8. The molecule has 0 unspecified atom stereocenters. The van der Waals surface area contributed by atoms with Crippen molar-refractivity contribution in [3.63, 3.8) is 0 Å². The van der Waals surface area contributed by atoms with E-state index in [9.17, 15) is 0 Å². The summed E-state index contributed by atoms with van der Waals surface area (Å²) in [7, 11) is 0. The first-order chi connectivity index (χ1) is 11.0. The van der Waals surface area contributed by atoms with Gasteiger partial charge in [0.15, 0.2) is 0 Å². The zero-order chi connectivity index (χ0) is 18.6. The lowest BCUT2D eigenvalue weighted by Crippen LogP contribution is -2.03. The first-order valence-corrected chi connectivity index (χ1v) is 8.51. The molecule has 0 radical (unpaired) electrons. The van der Waals surface area contributed by atoms with E-state index in [4.69, 9.17) is 11.5 Å². The normalized spacial score (nSPS) is 9.92. The molecule has 0 spiro atoms. The summed E-state index contributed by atoms with van der Waals surface area (Å²) in [6.07, 6.45) is 0. The molecule has 0 aliphatic carbocycles. The zero-order valence-corrected chi connectivity index (χ0v) is 16.4. The molecule has 0 fully saturated rings. The van der Waals surface area contributed by atoms with E-state index in [1.54, 1.807) is 0 Å². The second-order valence-electron chi connectivity index (χ2n) is 7.07. The summed E-state index contributed by atoms with van der Waals surface area (Å²) in [5.74, 6) is 2.28. The first kappa shape index (κ1) is 26.1. The topological polar surface area (TPSA) is 77.8 Å². The SMILES string of the molecule is C.C.Cc1cc(C)c(C(C)C)c(N)n1.Cc1cc(C)c(C(C)C)c(N)n1. The average molecular weight is 361 g/mol. The van der Waals surface area contributed by atoms with Crippen LogP contribution in [0.25, 0.3) is 0 Å². The highest BCUT2D eigenvalue weighted by molar-refractivity contribution is 5.48. The number of pyridine rings is 2. The number of nitrogen functional groups attached to an aromatic ring is 2. The highest BCUT2D eigenvalue weighted by Crippen LogP contribution is 2.25. The molecule has 0 aliphatic heterocycles. The lowest BCUT2D eigenvalue weighted by Gasteiger charge is -2.12.